The average Bonchev–Trinajstić information content (AvgIpc) is 2.35. The first-order valence-electron chi connectivity index (χ1n) is 9.32. The second-order valence-electron chi connectivity index (χ2n) is 9.42. The minimum Gasteiger partial charge on any atom is -0.353 e. The number of hydrogen-bond acceptors (Lipinski definition) is 2. The fourth-order valence-corrected chi connectivity index (χ4v) is 6.10. The molecule has 3 fully saturated rings. The van der Waals surface area contributed by atoms with Crippen LogP contribution in [0.1, 0.15) is 72.6 Å². The van der Waals surface area contributed by atoms with E-state index in [-0.39, 0.29) is 5.41 Å². The predicted molar refractivity (Wildman–Crippen MR) is 90.6 cm³/mol. The van der Waals surface area contributed by atoms with Crippen molar-refractivity contribution in [1.29, 1.82) is 0 Å². The lowest BCUT2D eigenvalue weighted by Crippen LogP contribution is -2.54. The Morgan fingerprint density at radius 2 is 1.91 bits per heavy atom. The van der Waals surface area contributed by atoms with Crippen LogP contribution in [0.25, 0.3) is 0 Å². The van der Waals surface area contributed by atoms with Gasteiger partial charge in [0.15, 0.2) is 0 Å². The van der Waals surface area contributed by atoms with Gasteiger partial charge in [0, 0.05) is 17.5 Å². The molecule has 126 valence electrons. The van der Waals surface area contributed by atoms with Crippen LogP contribution in [0.15, 0.2) is 0 Å². The smallest absolute Gasteiger partial charge is 0.226 e. The van der Waals surface area contributed by atoms with E-state index in [0.717, 1.165) is 44.1 Å². The quantitative estimate of drug-likeness (QED) is 0.820. The van der Waals surface area contributed by atoms with Gasteiger partial charge in [-0.2, -0.15) is 0 Å². The molecule has 3 heteroatoms. The summed E-state index contributed by atoms with van der Waals surface area (Å²) in [5, 5.41) is 6.86. The molecule has 0 aromatic rings. The van der Waals surface area contributed by atoms with Gasteiger partial charge in [-0.25, -0.2) is 0 Å². The molecule has 2 bridgehead atoms. The van der Waals surface area contributed by atoms with Crippen molar-refractivity contribution < 1.29 is 4.79 Å². The Morgan fingerprint density at radius 3 is 2.59 bits per heavy atom. The molecule has 6 unspecified atom stereocenters. The molecule has 6 atom stereocenters. The second kappa shape index (κ2) is 5.81. The van der Waals surface area contributed by atoms with E-state index < -0.39 is 0 Å². The molecule has 3 rings (SSSR count). The molecule has 2 saturated carbocycles. The van der Waals surface area contributed by atoms with E-state index in [0.29, 0.717) is 23.4 Å². The van der Waals surface area contributed by atoms with Crippen LogP contribution < -0.4 is 10.6 Å². The highest BCUT2D eigenvalue weighted by atomic mass is 16.2. The number of carbonyl (C=O) groups excluding carboxylic acids is 1. The van der Waals surface area contributed by atoms with Crippen molar-refractivity contribution >= 4 is 5.91 Å². The number of fused-ring (bicyclic) bond motifs is 2. The molecule has 0 aromatic heterocycles. The van der Waals surface area contributed by atoms with Crippen molar-refractivity contribution in [1.82, 2.24) is 10.6 Å². The van der Waals surface area contributed by atoms with Crippen LogP contribution in [0.5, 0.6) is 0 Å². The summed E-state index contributed by atoms with van der Waals surface area (Å²) in [6.07, 6.45) is 8.28. The molecule has 1 saturated heterocycles. The summed E-state index contributed by atoms with van der Waals surface area (Å²) in [7, 11) is 0. The molecule has 22 heavy (non-hydrogen) atoms. The van der Waals surface area contributed by atoms with Gasteiger partial charge in [-0.1, -0.05) is 20.8 Å². The number of carbonyl (C=O) groups is 1. The molecule has 1 aliphatic heterocycles. The first kappa shape index (κ1) is 16.3. The van der Waals surface area contributed by atoms with Gasteiger partial charge >= 0.3 is 0 Å². The lowest BCUT2D eigenvalue weighted by atomic mass is 9.53. The van der Waals surface area contributed by atoms with Crippen LogP contribution in [-0.4, -0.2) is 24.5 Å². The molecule has 2 aliphatic carbocycles. The van der Waals surface area contributed by atoms with E-state index in [1.165, 1.54) is 19.3 Å². The van der Waals surface area contributed by atoms with E-state index in [9.17, 15) is 4.79 Å². The maximum absolute atomic E-state index is 13.0. The van der Waals surface area contributed by atoms with Crippen molar-refractivity contribution in [3.8, 4) is 0 Å². The zero-order chi connectivity index (χ0) is 16.0. The minimum atomic E-state index is -0.147. The topological polar surface area (TPSA) is 41.1 Å². The zero-order valence-corrected chi connectivity index (χ0v) is 14.9. The van der Waals surface area contributed by atoms with Gasteiger partial charge < -0.3 is 10.6 Å². The van der Waals surface area contributed by atoms with E-state index in [4.69, 9.17) is 0 Å². The van der Waals surface area contributed by atoms with Crippen LogP contribution >= 0.6 is 0 Å². The standard InChI is InChI=1S/C19H34N2O/c1-13-7-15-10-18(3,9-13)12-19(4,11-15)17(22)21-16-5-6-20-14(2)8-16/h13-16,20H,5-12H2,1-4H3,(H,21,22). The SMILES string of the molecule is CC1CC2CC(C)(C1)CC(C)(C(=O)NC1CCNC(C)C1)C2. The van der Waals surface area contributed by atoms with Crippen LogP contribution in [0.2, 0.25) is 0 Å². The summed E-state index contributed by atoms with van der Waals surface area (Å²) in [6, 6.07) is 0.894. The second-order valence-corrected chi connectivity index (χ2v) is 9.42. The van der Waals surface area contributed by atoms with E-state index >= 15 is 0 Å². The van der Waals surface area contributed by atoms with Gasteiger partial charge in [0.05, 0.1) is 0 Å². The third-order valence-electron chi connectivity index (χ3n) is 6.42. The first-order chi connectivity index (χ1) is 10.3. The summed E-state index contributed by atoms with van der Waals surface area (Å²) in [6.45, 7) is 10.3. The number of amides is 1. The van der Waals surface area contributed by atoms with Crippen LogP contribution in [0.4, 0.5) is 0 Å². The monoisotopic (exact) mass is 306 g/mol. The number of nitrogens with one attached hydrogen (secondary N) is 2. The van der Waals surface area contributed by atoms with Gasteiger partial charge in [0.2, 0.25) is 5.91 Å². The molecular formula is C19H34N2O. The molecule has 1 amide bonds. The maximum atomic E-state index is 13.0. The summed E-state index contributed by atoms with van der Waals surface area (Å²) in [5.74, 6) is 1.92. The molecule has 3 nitrogen and oxygen atoms in total. The molecule has 3 aliphatic rings. The van der Waals surface area contributed by atoms with Gasteiger partial charge in [0.1, 0.15) is 0 Å². The van der Waals surface area contributed by atoms with Crippen LogP contribution in [0, 0.1) is 22.7 Å². The van der Waals surface area contributed by atoms with Gasteiger partial charge in [-0.05, 0) is 75.7 Å². The van der Waals surface area contributed by atoms with Gasteiger partial charge in [0.25, 0.3) is 0 Å². The Morgan fingerprint density at radius 1 is 1.14 bits per heavy atom. The third-order valence-corrected chi connectivity index (χ3v) is 6.42. The minimum absolute atomic E-state index is 0.147. The lowest BCUT2D eigenvalue weighted by molar-refractivity contribution is -0.139. The van der Waals surface area contributed by atoms with Crippen LogP contribution in [-0.2, 0) is 4.79 Å². The van der Waals surface area contributed by atoms with Crippen LogP contribution in [0.3, 0.4) is 0 Å². The Kier molecular flexibility index (Phi) is 4.30. The highest BCUT2D eigenvalue weighted by Crippen LogP contribution is 2.56. The van der Waals surface area contributed by atoms with Crippen molar-refractivity contribution in [2.24, 2.45) is 22.7 Å². The third kappa shape index (κ3) is 3.34. The maximum Gasteiger partial charge on any atom is 0.226 e. The van der Waals surface area contributed by atoms with Crippen molar-refractivity contribution in [2.45, 2.75) is 84.7 Å². The largest absolute Gasteiger partial charge is 0.353 e. The molecule has 0 aromatic carbocycles. The lowest BCUT2D eigenvalue weighted by Gasteiger charge is -2.52. The van der Waals surface area contributed by atoms with Crippen molar-refractivity contribution in [3.05, 3.63) is 0 Å². The predicted octanol–water partition coefficient (Wildman–Crippen LogP) is 3.49. The fraction of sp³-hybridized carbons (Fsp3) is 0.947. The van der Waals surface area contributed by atoms with Crippen molar-refractivity contribution in [2.75, 3.05) is 6.54 Å². The molecule has 0 spiro atoms. The normalized spacial score (nSPS) is 48.7. The number of hydrogen-bond donors (Lipinski definition) is 2. The van der Waals surface area contributed by atoms with Gasteiger partial charge in [-0.15, -0.1) is 0 Å². The highest BCUT2D eigenvalue weighted by molar-refractivity contribution is 5.82. The Bertz CT molecular complexity index is 433. The number of rotatable bonds is 2. The fourth-order valence-electron chi connectivity index (χ4n) is 6.10. The molecule has 1 heterocycles. The van der Waals surface area contributed by atoms with Crippen molar-refractivity contribution in [3.63, 3.8) is 0 Å². The molecule has 2 N–H and O–H groups in total. The first-order valence-corrected chi connectivity index (χ1v) is 9.32. The Labute approximate surface area is 136 Å². The summed E-state index contributed by atoms with van der Waals surface area (Å²) in [4.78, 5) is 13.0. The van der Waals surface area contributed by atoms with E-state index in [2.05, 4.69) is 38.3 Å². The molecular weight excluding hydrogens is 272 g/mol. The summed E-state index contributed by atoms with van der Waals surface area (Å²) < 4.78 is 0. The zero-order valence-electron chi connectivity index (χ0n) is 14.9. The van der Waals surface area contributed by atoms with Gasteiger partial charge in [-0.3, -0.25) is 4.79 Å². The van der Waals surface area contributed by atoms with E-state index in [1.54, 1.807) is 0 Å². The summed E-state index contributed by atoms with van der Waals surface area (Å²) >= 11 is 0. The van der Waals surface area contributed by atoms with E-state index in [1.807, 2.05) is 0 Å². The molecule has 0 radical (unpaired) electrons. The Hall–Kier alpha value is -0.570. The highest BCUT2D eigenvalue weighted by Gasteiger charge is 2.50. The Balaban J connectivity index is 1.66. The average molecular weight is 306 g/mol. The number of piperidine rings is 1. The summed E-state index contributed by atoms with van der Waals surface area (Å²) in [5.41, 5.74) is 0.236.